The number of terminal acetylenes is 1. The predicted octanol–water partition coefficient (Wildman–Crippen LogP) is 2.71. The Labute approximate surface area is 160 Å². The van der Waals surface area contributed by atoms with Crippen molar-refractivity contribution < 1.29 is 23.8 Å². The van der Waals surface area contributed by atoms with E-state index in [0.29, 0.717) is 30.8 Å². The third-order valence-corrected chi connectivity index (χ3v) is 4.75. The van der Waals surface area contributed by atoms with E-state index in [2.05, 4.69) is 11.2 Å². The second kappa shape index (κ2) is 9.98. The molecular formula is C21H27NO5. The Bertz CT molecular complexity index is 667. The summed E-state index contributed by atoms with van der Waals surface area (Å²) in [6.45, 7) is 4.71. The lowest BCUT2D eigenvalue weighted by Crippen LogP contribution is -2.48. The van der Waals surface area contributed by atoms with Crippen LogP contribution in [-0.2, 0) is 14.3 Å². The molecule has 1 amide bonds. The minimum Gasteiger partial charge on any atom is -0.491 e. The van der Waals surface area contributed by atoms with Crippen LogP contribution < -0.4 is 10.1 Å². The normalized spacial score (nSPS) is 16.4. The molecule has 1 aromatic carbocycles. The summed E-state index contributed by atoms with van der Waals surface area (Å²) in [5.74, 6) is 2.28. The lowest BCUT2D eigenvalue weighted by atomic mass is 9.94. The van der Waals surface area contributed by atoms with Crippen LogP contribution in [0.5, 0.6) is 5.75 Å². The van der Waals surface area contributed by atoms with Crippen LogP contribution in [0.4, 0.5) is 0 Å². The van der Waals surface area contributed by atoms with Gasteiger partial charge < -0.3 is 19.5 Å². The molecule has 1 aliphatic heterocycles. The molecule has 0 spiro atoms. The zero-order valence-corrected chi connectivity index (χ0v) is 16.0. The number of rotatable bonds is 9. The molecule has 2 rings (SSSR count). The Kier molecular flexibility index (Phi) is 7.68. The minimum absolute atomic E-state index is 0.134. The first-order valence-electron chi connectivity index (χ1n) is 9.32. The molecule has 1 heterocycles. The van der Waals surface area contributed by atoms with Crippen molar-refractivity contribution >= 4 is 11.9 Å². The second-order valence-electron chi connectivity index (χ2n) is 6.53. The molecule has 1 aliphatic rings. The van der Waals surface area contributed by atoms with Gasteiger partial charge in [0.2, 0.25) is 0 Å². The monoisotopic (exact) mass is 373 g/mol. The number of hydrogen-bond acceptors (Lipinski definition) is 5. The van der Waals surface area contributed by atoms with Crippen LogP contribution in [0.25, 0.3) is 0 Å². The molecule has 0 aromatic heterocycles. The molecule has 0 saturated carbocycles. The van der Waals surface area contributed by atoms with Gasteiger partial charge in [-0.3, -0.25) is 4.79 Å². The molecule has 6 heteroatoms. The summed E-state index contributed by atoms with van der Waals surface area (Å²) in [6, 6.07) is 6.61. The van der Waals surface area contributed by atoms with Gasteiger partial charge in [-0.05, 0) is 49.9 Å². The van der Waals surface area contributed by atoms with Crippen LogP contribution in [-0.4, -0.2) is 43.3 Å². The summed E-state index contributed by atoms with van der Waals surface area (Å²) in [6.07, 6.45) is 8.92. The SMILES string of the molecule is C#CC(CC)(CC)NC(=O)COC(=O)c1ccc(OCC2CCCO2)cc1. The Hall–Kier alpha value is -2.52. The maximum atomic E-state index is 12.1. The van der Waals surface area contributed by atoms with Crippen LogP contribution in [0.1, 0.15) is 49.9 Å². The highest BCUT2D eigenvalue weighted by Gasteiger charge is 2.25. The van der Waals surface area contributed by atoms with Crippen molar-refractivity contribution in [1.82, 2.24) is 5.32 Å². The summed E-state index contributed by atoms with van der Waals surface area (Å²) in [4.78, 5) is 24.1. The topological polar surface area (TPSA) is 73.9 Å². The number of esters is 1. The van der Waals surface area contributed by atoms with Crippen molar-refractivity contribution in [2.45, 2.75) is 51.2 Å². The van der Waals surface area contributed by atoms with Gasteiger partial charge in [0, 0.05) is 6.61 Å². The standard InChI is InChI=1S/C21H27NO5/c1-4-21(5-2,6-3)22-19(23)15-27-20(24)16-9-11-17(12-10-16)26-14-18-8-7-13-25-18/h1,9-12,18H,5-8,13-15H2,2-3H3,(H,22,23). The number of carbonyl (C=O) groups is 2. The average molecular weight is 373 g/mol. The van der Waals surface area contributed by atoms with Gasteiger partial charge in [0.1, 0.15) is 17.9 Å². The van der Waals surface area contributed by atoms with E-state index in [1.54, 1.807) is 24.3 Å². The van der Waals surface area contributed by atoms with E-state index < -0.39 is 17.4 Å². The molecule has 0 radical (unpaired) electrons. The third-order valence-electron chi connectivity index (χ3n) is 4.75. The van der Waals surface area contributed by atoms with Crippen LogP contribution in [0.3, 0.4) is 0 Å². The van der Waals surface area contributed by atoms with Crippen LogP contribution in [0.2, 0.25) is 0 Å². The van der Waals surface area contributed by atoms with Gasteiger partial charge >= 0.3 is 5.97 Å². The molecule has 1 unspecified atom stereocenters. The van der Waals surface area contributed by atoms with Gasteiger partial charge in [-0.15, -0.1) is 6.42 Å². The van der Waals surface area contributed by atoms with Crippen LogP contribution in [0, 0.1) is 12.3 Å². The van der Waals surface area contributed by atoms with Gasteiger partial charge in [0.15, 0.2) is 6.61 Å². The van der Waals surface area contributed by atoms with E-state index >= 15 is 0 Å². The smallest absolute Gasteiger partial charge is 0.338 e. The summed E-state index contributed by atoms with van der Waals surface area (Å²) in [7, 11) is 0. The molecule has 1 fully saturated rings. The van der Waals surface area contributed by atoms with Crippen molar-refractivity contribution in [3.63, 3.8) is 0 Å². The zero-order chi connectivity index (χ0) is 19.7. The lowest BCUT2D eigenvalue weighted by Gasteiger charge is -2.26. The molecule has 1 N–H and O–H groups in total. The summed E-state index contributed by atoms with van der Waals surface area (Å²) < 4.78 is 16.2. The van der Waals surface area contributed by atoms with Crippen molar-refractivity contribution in [2.24, 2.45) is 0 Å². The fraction of sp³-hybridized carbons (Fsp3) is 0.524. The third kappa shape index (κ3) is 6.00. The van der Waals surface area contributed by atoms with Gasteiger partial charge in [-0.25, -0.2) is 4.79 Å². The molecule has 1 aromatic rings. The molecule has 146 valence electrons. The fourth-order valence-electron chi connectivity index (χ4n) is 2.84. The molecule has 0 aliphatic carbocycles. The minimum atomic E-state index is -0.703. The molecule has 1 saturated heterocycles. The van der Waals surface area contributed by atoms with Crippen molar-refractivity contribution in [2.75, 3.05) is 19.8 Å². The maximum Gasteiger partial charge on any atom is 0.338 e. The summed E-state index contributed by atoms with van der Waals surface area (Å²) in [5, 5.41) is 2.75. The quantitative estimate of drug-likeness (QED) is 0.532. The van der Waals surface area contributed by atoms with Crippen LogP contribution in [0.15, 0.2) is 24.3 Å². The van der Waals surface area contributed by atoms with Crippen LogP contribution >= 0.6 is 0 Å². The van der Waals surface area contributed by atoms with E-state index in [0.717, 1.165) is 19.4 Å². The predicted molar refractivity (Wildman–Crippen MR) is 101 cm³/mol. The number of ether oxygens (including phenoxy) is 3. The molecular weight excluding hydrogens is 346 g/mol. The summed E-state index contributed by atoms with van der Waals surface area (Å²) >= 11 is 0. The van der Waals surface area contributed by atoms with E-state index in [4.69, 9.17) is 20.6 Å². The first-order valence-corrected chi connectivity index (χ1v) is 9.32. The van der Waals surface area contributed by atoms with E-state index in [1.165, 1.54) is 0 Å². The highest BCUT2D eigenvalue weighted by atomic mass is 16.5. The first-order chi connectivity index (χ1) is 13.0. The van der Waals surface area contributed by atoms with Gasteiger partial charge in [-0.2, -0.15) is 0 Å². The number of carbonyl (C=O) groups excluding carboxylic acids is 2. The highest BCUT2D eigenvalue weighted by Crippen LogP contribution is 2.17. The first kappa shape index (κ1) is 20.8. The molecule has 0 bridgehead atoms. The Balaban J connectivity index is 1.79. The lowest BCUT2D eigenvalue weighted by molar-refractivity contribution is -0.125. The van der Waals surface area contributed by atoms with Gasteiger partial charge in [0.05, 0.1) is 11.7 Å². The molecule has 27 heavy (non-hydrogen) atoms. The van der Waals surface area contributed by atoms with E-state index in [-0.39, 0.29) is 12.7 Å². The van der Waals surface area contributed by atoms with Gasteiger partial charge in [0.25, 0.3) is 5.91 Å². The average Bonchev–Trinajstić information content (AvgIpc) is 3.23. The summed E-state index contributed by atoms with van der Waals surface area (Å²) in [5.41, 5.74) is -0.354. The molecule has 6 nitrogen and oxygen atoms in total. The van der Waals surface area contributed by atoms with Crippen molar-refractivity contribution in [1.29, 1.82) is 0 Å². The van der Waals surface area contributed by atoms with Crippen molar-refractivity contribution in [3.05, 3.63) is 29.8 Å². The number of benzene rings is 1. The Morgan fingerprint density at radius 2 is 2.00 bits per heavy atom. The van der Waals surface area contributed by atoms with E-state index in [1.807, 2.05) is 13.8 Å². The number of amides is 1. The van der Waals surface area contributed by atoms with Crippen molar-refractivity contribution in [3.8, 4) is 18.1 Å². The highest BCUT2D eigenvalue weighted by molar-refractivity contribution is 5.91. The fourth-order valence-corrected chi connectivity index (χ4v) is 2.84. The number of nitrogens with one attached hydrogen (secondary N) is 1. The maximum absolute atomic E-state index is 12.1. The zero-order valence-electron chi connectivity index (χ0n) is 16.0. The van der Waals surface area contributed by atoms with Gasteiger partial charge in [-0.1, -0.05) is 19.8 Å². The largest absolute Gasteiger partial charge is 0.491 e. The van der Waals surface area contributed by atoms with E-state index in [9.17, 15) is 9.59 Å². The number of hydrogen-bond donors (Lipinski definition) is 1. The second-order valence-corrected chi connectivity index (χ2v) is 6.53. The Morgan fingerprint density at radius 3 is 2.56 bits per heavy atom. The Morgan fingerprint density at radius 1 is 1.30 bits per heavy atom. The molecule has 1 atom stereocenters.